The van der Waals surface area contributed by atoms with Crippen molar-refractivity contribution in [3.8, 4) is 0 Å². The number of fused-ring (bicyclic) bond motifs is 1. The van der Waals surface area contributed by atoms with Crippen LogP contribution in [0.1, 0.15) is 41.6 Å². The molecule has 0 radical (unpaired) electrons. The summed E-state index contributed by atoms with van der Waals surface area (Å²) in [4.78, 5) is 29.6. The highest BCUT2D eigenvalue weighted by Gasteiger charge is 2.21. The van der Waals surface area contributed by atoms with Crippen LogP contribution in [-0.2, 0) is 11.3 Å². The van der Waals surface area contributed by atoms with Crippen LogP contribution in [0.3, 0.4) is 0 Å². The number of para-hydroxylation sites is 1. The summed E-state index contributed by atoms with van der Waals surface area (Å²) in [5.74, 6) is 0.509. The van der Waals surface area contributed by atoms with Crippen molar-refractivity contribution in [2.75, 3.05) is 11.1 Å². The molecule has 1 atom stereocenters. The summed E-state index contributed by atoms with van der Waals surface area (Å²) in [6, 6.07) is 14.9. The van der Waals surface area contributed by atoms with E-state index in [0.29, 0.717) is 28.2 Å². The van der Waals surface area contributed by atoms with Crippen LogP contribution >= 0.6 is 23.1 Å². The van der Waals surface area contributed by atoms with Crippen LogP contribution in [0.25, 0.3) is 10.2 Å². The molecule has 170 valence electrons. The van der Waals surface area contributed by atoms with Crippen molar-refractivity contribution >= 4 is 50.3 Å². The van der Waals surface area contributed by atoms with Crippen molar-refractivity contribution in [3.05, 3.63) is 65.5 Å². The van der Waals surface area contributed by atoms with E-state index in [4.69, 9.17) is 0 Å². The molecule has 33 heavy (non-hydrogen) atoms. The molecule has 0 aliphatic carbocycles. The van der Waals surface area contributed by atoms with Crippen LogP contribution in [0, 0.1) is 6.92 Å². The Bertz CT molecular complexity index is 1270. The van der Waals surface area contributed by atoms with Gasteiger partial charge in [-0.3, -0.25) is 9.59 Å². The molecule has 4 aromatic rings. The van der Waals surface area contributed by atoms with Gasteiger partial charge >= 0.3 is 0 Å². The van der Waals surface area contributed by atoms with Crippen LogP contribution < -0.4 is 10.6 Å². The lowest BCUT2D eigenvalue weighted by atomic mass is 10.1. The normalized spacial score (nSPS) is 12.0. The molecule has 2 aromatic carbocycles. The second-order valence-corrected chi connectivity index (χ2v) is 9.39. The van der Waals surface area contributed by atoms with Gasteiger partial charge in [-0.05, 0) is 44.5 Å². The Morgan fingerprint density at radius 2 is 1.88 bits per heavy atom. The molecule has 1 unspecified atom stereocenters. The second kappa shape index (κ2) is 10.1. The van der Waals surface area contributed by atoms with Crippen molar-refractivity contribution in [2.24, 2.45) is 0 Å². The average Bonchev–Trinajstić information content (AvgIpc) is 3.40. The van der Waals surface area contributed by atoms with E-state index in [1.807, 2.05) is 67.8 Å². The van der Waals surface area contributed by atoms with E-state index in [-0.39, 0.29) is 23.6 Å². The van der Waals surface area contributed by atoms with Crippen molar-refractivity contribution < 1.29 is 9.59 Å². The molecule has 0 aliphatic heterocycles. The van der Waals surface area contributed by atoms with E-state index in [0.717, 1.165) is 15.8 Å². The van der Waals surface area contributed by atoms with Gasteiger partial charge in [0.05, 0.1) is 22.0 Å². The number of hydrogen-bond donors (Lipinski definition) is 2. The van der Waals surface area contributed by atoms with Crippen molar-refractivity contribution in [3.63, 3.8) is 0 Å². The number of anilines is 1. The first-order chi connectivity index (χ1) is 16.0. The average molecular weight is 481 g/mol. The third kappa shape index (κ3) is 5.23. The zero-order valence-corrected chi connectivity index (χ0v) is 20.2. The topological polar surface area (TPSA) is 102 Å². The summed E-state index contributed by atoms with van der Waals surface area (Å²) >= 11 is 2.75. The third-order valence-electron chi connectivity index (χ3n) is 5.06. The Balaban J connectivity index is 1.39. The van der Waals surface area contributed by atoms with E-state index in [1.165, 1.54) is 23.1 Å². The molecule has 4 rings (SSSR count). The number of amides is 2. The largest absolute Gasteiger partial charge is 0.342 e. The number of aryl methyl sites for hydroxylation is 1. The summed E-state index contributed by atoms with van der Waals surface area (Å²) in [6.45, 7) is 6.38. The Morgan fingerprint density at radius 3 is 2.64 bits per heavy atom. The molecule has 0 bridgehead atoms. The maximum atomic E-state index is 12.7. The summed E-state index contributed by atoms with van der Waals surface area (Å²) in [5, 5.41) is 15.6. The monoisotopic (exact) mass is 480 g/mol. The van der Waals surface area contributed by atoms with Crippen molar-refractivity contribution in [1.29, 1.82) is 0 Å². The van der Waals surface area contributed by atoms with Gasteiger partial charge in [-0.25, -0.2) is 4.98 Å². The number of aromatic nitrogens is 4. The highest BCUT2D eigenvalue weighted by Crippen LogP contribution is 2.26. The molecular formula is C23H24N6O2S2. The number of carbonyl (C=O) groups excluding carboxylic acids is 2. The van der Waals surface area contributed by atoms with Crippen molar-refractivity contribution in [2.45, 2.75) is 38.5 Å². The smallest absolute Gasteiger partial charge is 0.252 e. The molecule has 2 amide bonds. The zero-order valence-electron chi connectivity index (χ0n) is 18.5. The fourth-order valence-electron chi connectivity index (χ4n) is 3.40. The Morgan fingerprint density at radius 1 is 1.12 bits per heavy atom. The van der Waals surface area contributed by atoms with Crippen LogP contribution in [0.4, 0.5) is 5.13 Å². The van der Waals surface area contributed by atoms with Gasteiger partial charge in [0, 0.05) is 12.1 Å². The predicted molar refractivity (Wildman–Crippen MR) is 132 cm³/mol. The first-order valence-electron chi connectivity index (χ1n) is 10.5. The van der Waals surface area contributed by atoms with Gasteiger partial charge < -0.3 is 15.2 Å². The second-order valence-electron chi connectivity index (χ2n) is 7.42. The fourth-order valence-corrected chi connectivity index (χ4v) is 5.09. The van der Waals surface area contributed by atoms with Gasteiger partial charge in [-0.2, -0.15) is 0 Å². The molecule has 0 spiro atoms. The maximum Gasteiger partial charge on any atom is 0.252 e. The minimum Gasteiger partial charge on any atom is -0.342 e. The Labute approximate surface area is 199 Å². The number of nitrogens with zero attached hydrogens (tertiary/aromatic N) is 4. The number of carbonyl (C=O) groups is 2. The number of nitrogens with one attached hydrogen (secondary N) is 2. The molecule has 8 nitrogen and oxygen atoms in total. The zero-order chi connectivity index (χ0) is 23.4. The summed E-state index contributed by atoms with van der Waals surface area (Å²) in [6.07, 6.45) is 0. The molecule has 0 fully saturated rings. The van der Waals surface area contributed by atoms with Crippen LogP contribution in [0.2, 0.25) is 0 Å². The van der Waals surface area contributed by atoms with Gasteiger partial charge in [-0.15, -0.1) is 10.2 Å². The number of thiazole rings is 1. The maximum absolute atomic E-state index is 12.7. The predicted octanol–water partition coefficient (Wildman–Crippen LogP) is 4.44. The first kappa shape index (κ1) is 22.9. The summed E-state index contributed by atoms with van der Waals surface area (Å²) in [7, 11) is 0. The lowest BCUT2D eigenvalue weighted by Gasteiger charge is -2.16. The van der Waals surface area contributed by atoms with E-state index >= 15 is 0 Å². The van der Waals surface area contributed by atoms with Gasteiger partial charge in [0.15, 0.2) is 16.1 Å². The van der Waals surface area contributed by atoms with E-state index in [2.05, 4.69) is 25.8 Å². The highest BCUT2D eigenvalue weighted by molar-refractivity contribution is 7.99. The van der Waals surface area contributed by atoms with E-state index in [1.54, 1.807) is 6.07 Å². The molecule has 2 N–H and O–H groups in total. The minimum atomic E-state index is -0.338. The molecule has 0 aliphatic rings. The molecule has 2 aromatic heterocycles. The SMILES string of the molecule is CCn1c(SCC(=O)Nc2nc3ccccc3s2)nnc1C(C)NC(=O)c1ccccc1C. The lowest BCUT2D eigenvalue weighted by molar-refractivity contribution is -0.113. The Hall–Kier alpha value is -3.24. The number of hydrogen-bond acceptors (Lipinski definition) is 7. The van der Waals surface area contributed by atoms with Crippen LogP contribution in [0.15, 0.2) is 53.7 Å². The number of rotatable bonds is 8. The third-order valence-corrected chi connectivity index (χ3v) is 6.98. The van der Waals surface area contributed by atoms with Gasteiger partial charge in [0.1, 0.15) is 0 Å². The fraction of sp³-hybridized carbons (Fsp3) is 0.261. The van der Waals surface area contributed by atoms with E-state index in [9.17, 15) is 9.59 Å². The number of benzene rings is 2. The van der Waals surface area contributed by atoms with Crippen LogP contribution in [-0.4, -0.2) is 37.3 Å². The van der Waals surface area contributed by atoms with Gasteiger partial charge in [0.2, 0.25) is 5.91 Å². The lowest BCUT2D eigenvalue weighted by Crippen LogP contribution is -2.29. The summed E-state index contributed by atoms with van der Waals surface area (Å²) in [5.41, 5.74) is 2.41. The van der Waals surface area contributed by atoms with E-state index < -0.39 is 0 Å². The van der Waals surface area contributed by atoms with Crippen LogP contribution in [0.5, 0.6) is 0 Å². The van der Waals surface area contributed by atoms with Crippen molar-refractivity contribution in [1.82, 2.24) is 25.1 Å². The highest BCUT2D eigenvalue weighted by atomic mass is 32.2. The Kier molecular flexibility index (Phi) is 7.05. The number of thioether (sulfide) groups is 1. The quantitative estimate of drug-likeness (QED) is 0.362. The minimum absolute atomic E-state index is 0.157. The molecular weight excluding hydrogens is 456 g/mol. The van der Waals surface area contributed by atoms with Gasteiger partial charge in [0.25, 0.3) is 5.91 Å². The first-order valence-corrected chi connectivity index (χ1v) is 12.3. The summed E-state index contributed by atoms with van der Waals surface area (Å²) < 4.78 is 2.94. The molecule has 10 heteroatoms. The molecule has 0 saturated carbocycles. The standard InChI is InChI=1S/C23H24N6O2S2/c1-4-29-20(15(3)24-21(31)16-10-6-5-9-14(16)2)27-28-23(29)32-13-19(30)26-22-25-17-11-7-8-12-18(17)33-22/h5-12,15H,4,13H2,1-3H3,(H,24,31)(H,25,26,30). The molecule has 2 heterocycles. The van der Waals surface area contributed by atoms with Gasteiger partial charge in [-0.1, -0.05) is 53.4 Å². The molecule has 0 saturated heterocycles.